The van der Waals surface area contributed by atoms with Crippen LogP contribution in [0.15, 0.2) is 58.3 Å². The minimum atomic E-state index is -2.10. The predicted molar refractivity (Wildman–Crippen MR) is 245 cm³/mol. The number of unbranched alkanes of at least 4 members (excludes halogenated alkanes) is 23. The van der Waals surface area contributed by atoms with Crippen molar-refractivity contribution in [1.82, 2.24) is 4.90 Å². The SMILES string of the molecule is CCCCCCCCCCCCc1ccc([S-](=O)=O)cc1.CCCCCCCCCCCCc1ccc([S-](=O)=O)cc1.CCCCCCCCN1CC[O][Sn+2][O]CC1. The van der Waals surface area contributed by atoms with E-state index in [1.54, 1.807) is 24.3 Å². The first-order chi connectivity index (χ1) is 28.4. The van der Waals surface area contributed by atoms with Crippen LogP contribution in [0.3, 0.4) is 0 Å². The maximum absolute atomic E-state index is 10.8. The van der Waals surface area contributed by atoms with Gasteiger partial charge in [0.15, 0.2) is 0 Å². The molecule has 0 amide bonds. The Morgan fingerprint density at radius 3 is 1.03 bits per heavy atom. The van der Waals surface area contributed by atoms with Crippen LogP contribution in [0.4, 0.5) is 0 Å². The summed E-state index contributed by atoms with van der Waals surface area (Å²) in [5, 5.41) is 0. The van der Waals surface area contributed by atoms with Gasteiger partial charge < -0.3 is 16.8 Å². The number of nitrogens with zero attached hydrogens (tertiary/aromatic N) is 1. The molecule has 1 aliphatic heterocycles. The van der Waals surface area contributed by atoms with E-state index in [2.05, 4.69) is 25.7 Å². The monoisotopic (exact) mass is 953 g/mol. The fraction of sp³-hybridized carbons (Fsp3) is 0.750. The quantitative estimate of drug-likeness (QED) is 0.0422. The average molecular weight is 953 g/mol. The molecule has 0 unspecified atom stereocenters. The van der Waals surface area contributed by atoms with Gasteiger partial charge in [-0.1, -0.05) is 188 Å². The first-order valence-corrected chi connectivity index (χ1v) is 28.0. The predicted octanol–water partition coefficient (Wildman–Crippen LogP) is 13.9. The molecule has 7 nitrogen and oxygen atoms in total. The molecule has 58 heavy (non-hydrogen) atoms. The number of aryl methyl sites for hydroxylation is 2. The van der Waals surface area contributed by atoms with E-state index in [0.717, 1.165) is 39.1 Å². The van der Waals surface area contributed by atoms with Crippen molar-refractivity contribution < 1.29 is 23.0 Å². The summed E-state index contributed by atoms with van der Waals surface area (Å²) in [6.45, 7) is 12.0. The molecule has 1 aliphatic rings. The molecule has 2 aromatic rings. The zero-order chi connectivity index (χ0) is 42.2. The third-order valence-corrected chi connectivity index (χ3v) is 14.0. The van der Waals surface area contributed by atoms with Crippen molar-refractivity contribution in [3.05, 3.63) is 59.7 Å². The Balaban J connectivity index is 0.000000440. The van der Waals surface area contributed by atoms with Gasteiger partial charge >= 0.3 is 111 Å². The fourth-order valence-corrected chi connectivity index (χ4v) is 9.04. The van der Waals surface area contributed by atoms with Gasteiger partial charge in [0.25, 0.3) is 0 Å². The molecule has 0 radical (unpaired) electrons. The summed E-state index contributed by atoms with van der Waals surface area (Å²) in [5.41, 5.74) is 2.48. The Morgan fingerprint density at radius 1 is 0.431 bits per heavy atom. The van der Waals surface area contributed by atoms with Gasteiger partial charge in [0.05, 0.1) is 0 Å². The summed E-state index contributed by atoms with van der Waals surface area (Å²) >= 11 is -0.879. The van der Waals surface area contributed by atoms with Crippen molar-refractivity contribution in [3.8, 4) is 0 Å². The van der Waals surface area contributed by atoms with Crippen LogP contribution in [0.2, 0.25) is 0 Å². The van der Waals surface area contributed by atoms with E-state index in [0.29, 0.717) is 9.79 Å². The second-order valence-corrected chi connectivity index (χ2v) is 20.0. The molecule has 0 aliphatic carbocycles. The Hall–Kier alpha value is -0.981. The van der Waals surface area contributed by atoms with E-state index < -0.39 is 43.4 Å². The van der Waals surface area contributed by atoms with E-state index in [1.165, 1.54) is 185 Å². The van der Waals surface area contributed by atoms with Crippen molar-refractivity contribution >= 4 is 43.4 Å². The van der Waals surface area contributed by atoms with Crippen LogP contribution < -0.4 is 0 Å². The molecule has 0 atom stereocenters. The van der Waals surface area contributed by atoms with Gasteiger partial charge in [-0.2, -0.15) is 0 Å². The molecule has 10 heteroatoms. The molecule has 332 valence electrons. The molecular weight excluding hydrogens is 869 g/mol. The molecule has 1 fully saturated rings. The molecule has 0 bridgehead atoms. The summed E-state index contributed by atoms with van der Waals surface area (Å²) in [6, 6.07) is 14.5. The zero-order valence-corrected chi connectivity index (χ0v) is 41.7. The van der Waals surface area contributed by atoms with Crippen LogP contribution >= 0.6 is 0 Å². The number of hydrogen-bond acceptors (Lipinski definition) is 9. The van der Waals surface area contributed by atoms with Crippen LogP contribution in [0.1, 0.15) is 199 Å². The molecule has 3 rings (SSSR count). The fourth-order valence-electron chi connectivity index (χ4n) is 7.09. The van der Waals surface area contributed by atoms with Crippen LogP contribution in [-0.2, 0) is 57.2 Å². The Morgan fingerprint density at radius 2 is 0.724 bits per heavy atom. The summed E-state index contributed by atoms with van der Waals surface area (Å²) in [5.74, 6) is 0. The molecule has 2 aromatic carbocycles. The van der Waals surface area contributed by atoms with E-state index >= 15 is 0 Å². The van der Waals surface area contributed by atoms with Gasteiger partial charge in [0.2, 0.25) is 0 Å². The molecule has 1 saturated heterocycles. The van der Waals surface area contributed by atoms with Gasteiger partial charge in [-0.15, -0.1) is 0 Å². The van der Waals surface area contributed by atoms with Crippen molar-refractivity contribution in [1.29, 1.82) is 0 Å². The molecule has 0 aromatic heterocycles. The van der Waals surface area contributed by atoms with E-state index in [-0.39, 0.29) is 0 Å². The normalized spacial score (nSPS) is 13.1. The van der Waals surface area contributed by atoms with Crippen LogP contribution in [0.25, 0.3) is 0 Å². The van der Waals surface area contributed by atoms with Crippen molar-refractivity contribution in [2.75, 3.05) is 32.8 Å². The second-order valence-electron chi connectivity index (χ2n) is 16.0. The Bertz CT molecular complexity index is 1230. The molecule has 1 heterocycles. The molecule has 0 N–H and O–H groups in total. The maximum atomic E-state index is 10.8. The third-order valence-electron chi connectivity index (χ3n) is 10.8. The van der Waals surface area contributed by atoms with Crippen molar-refractivity contribution in [2.45, 2.75) is 210 Å². The number of benzene rings is 2. The van der Waals surface area contributed by atoms with Crippen molar-refractivity contribution in [3.63, 3.8) is 0 Å². The third kappa shape index (κ3) is 33.7. The Labute approximate surface area is 371 Å². The second kappa shape index (κ2) is 41.4. The first kappa shape index (κ1) is 55.0. The standard InChI is InChI=1S/2C18H29O2S.C12H25NO2.Sn/c2*1-2-3-4-5-6-7-8-9-10-11-12-17-13-15-18(16-14-17)21(19)20;1-2-3-4-5-6-7-8-13(9-11-14)10-12-15;/h2*13-16H,2-12H2,1H3;2-12H2,1H3;/q2*-1;-2;+4. The van der Waals surface area contributed by atoms with E-state index in [9.17, 15) is 16.8 Å². The van der Waals surface area contributed by atoms with Crippen molar-refractivity contribution in [2.24, 2.45) is 0 Å². The first-order valence-electron chi connectivity index (χ1n) is 23.5. The van der Waals surface area contributed by atoms with Gasteiger partial charge in [-0.25, -0.2) is 0 Å². The summed E-state index contributed by atoms with van der Waals surface area (Å²) in [6.07, 6.45) is 37.3. The topological polar surface area (TPSA) is 90.0 Å². The average Bonchev–Trinajstić information content (AvgIpc) is 3.22. The summed E-state index contributed by atoms with van der Waals surface area (Å²) in [4.78, 5) is 3.24. The molecular formula is C48H83NO6S2Sn. The molecule has 0 saturated carbocycles. The van der Waals surface area contributed by atoms with Gasteiger partial charge in [-0.3, -0.25) is 0 Å². The van der Waals surface area contributed by atoms with Crippen LogP contribution in [-0.4, -0.2) is 59.7 Å². The van der Waals surface area contributed by atoms with Crippen LogP contribution in [0, 0.1) is 0 Å². The number of hydrogen-bond donors (Lipinski definition) is 0. The van der Waals surface area contributed by atoms with Gasteiger partial charge in [-0.05, 0) is 58.2 Å². The van der Waals surface area contributed by atoms with E-state index in [1.807, 2.05) is 24.3 Å². The van der Waals surface area contributed by atoms with Crippen LogP contribution in [0.5, 0.6) is 0 Å². The van der Waals surface area contributed by atoms with Gasteiger partial charge in [0, 0.05) is 0 Å². The molecule has 0 spiro atoms. The Kier molecular flexibility index (Phi) is 39.3. The minimum absolute atomic E-state index is 0.377. The summed E-state index contributed by atoms with van der Waals surface area (Å²) in [7, 11) is -4.20. The van der Waals surface area contributed by atoms with E-state index in [4.69, 9.17) is 6.15 Å². The number of rotatable bonds is 31. The summed E-state index contributed by atoms with van der Waals surface area (Å²) < 4.78 is 54.0. The van der Waals surface area contributed by atoms with Gasteiger partial charge in [0.1, 0.15) is 0 Å². The zero-order valence-electron chi connectivity index (χ0n) is 37.2.